The predicted molar refractivity (Wildman–Crippen MR) is 70.2 cm³/mol. The Morgan fingerprint density at radius 3 is 2.78 bits per heavy atom. The molecular formula is C14H21NO3. The number of ether oxygens (including phenoxy) is 2. The summed E-state index contributed by atoms with van der Waals surface area (Å²) in [5, 5.41) is 12.7. The molecule has 0 amide bonds. The molecule has 1 heterocycles. The summed E-state index contributed by atoms with van der Waals surface area (Å²) in [6, 6.07) is 5.83. The van der Waals surface area contributed by atoms with E-state index in [-0.39, 0.29) is 12.6 Å². The zero-order valence-electron chi connectivity index (χ0n) is 10.8. The van der Waals surface area contributed by atoms with Crippen LogP contribution >= 0.6 is 0 Å². The lowest BCUT2D eigenvalue weighted by atomic mass is 10.1. The average molecular weight is 251 g/mol. The molecule has 0 aliphatic carbocycles. The highest BCUT2D eigenvalue weighted by Crippen LogP contribution is 2.32. The molecule has 1 aromatic rings. The predicted octanol–water partition coefficient (Wildman–Crippen LogP) is 1.88. The molecule has 1 unspecified atom stereocenters. The van der Waals surface area contributed by atoms with E-state index in [1.165, 1.54) is 0 Å². The first-order chi connectivity index (χ1) is 8.85. The SMILES string of the molecule is CCCNC(CO)c1ccc2c(c1)OCCCO2. The van der Waals surface area contributed by atoms with E-state index in [0.717, 1.165) is 36.4 Å². The Hall–Kier alpha value is -1.26. The van der Waals surface area contributed by atoms with Crippen LogP contribution < -0.4 is 14.8 Å². The molecule has 0 spiro atoms. The Bertz CT molecular complexity index is 381. The van der Waals surface area contributed by atoms with Gasteiger partial charge in [-0.1, -0.05) is 13.0 Å². The third-order valence-electron chi connectivity index (χ3n) is 3.00. The van der Waals surface area contributed by atoms with Crippen molar-refractivity contribution in [3.8, 4) is 11.5 Å². The van der Waals surface area contributed by atoms with Crippen LogP contribution in [0.25, 0.3) is 0 Å². The van der Waals surface area contributed by atoms with Crippen molar-refractivity contribution >= 4 is 0 Å². The molecule has 0 radical (unpaired) electrons. The summed E-state index contributed by atoms with van der Waals surface area (Å²) in [4.78, 5) is 0. The lowest BCUT2D eigenvalue weighted by Crippen LogP contribution is -2.25. The van der Waals surface area contributed by atoms with Crippen LogP contribution in [-0.2, 0) is 0 Å². The van der Waals surface area contributed by atoms with Gasteiger partial charge in [-0.05, 0) is 30.7 Å². The molecule has 0 fully saturated rings. The van der Waals surface area contributed by atoms with Crippen molar-refractivity contribution in [1.82, 2.24) is 5.32 Å². The van der Waals surface area contributed by atoms with Crippen molar-refractivity contribution in [3.63, 3.8) is 0 Å². The summed E-state index contributed by atoms with van der Waals surface area (Å²) in [6.07, 6.45) is 1.95. The summed E-state index contributed by atoms with van der Waals surface area (Å²) in [5.41, 5.74) is 1.04. The van der Waals surface area contributed by atoms with Crippen molar-refractivity contribution in [3.05, 3.63) is 23.8 Å². The summed E-state index contributed by atoms with van der Waals surface area (Å²) in [5.74, 6) is 1.57. The van der Waals surface area contributed by atoms with Gasteiger partial charge in [0, 0.05) is 6.42 Å². The van der Waals surface area contributed by atoms with Crippen molar-refractivity contribution in [2.24, 2.45) is 0 Å². The monoisotopic (exact) mass is 251 g/mol. The van der Waals surface area contributed by atoms with E-state index in [1.807, 2.05) is 18.2 Å². The van der Waals surface area contributed by atoms with Crippen LogP contribution in [0.4, 0.5) is 0 Å². The second-order valence-electron chi connectivity index (χ2n) is 4.45. The fourth-order valence-corrected chi connectivity index (χ4v) is 2.00. The number of aliphatic hydroxyl groups is 1. The standard InChI is InChI=1S/C14H21NO3/c1-2-6-15-12(10-16)11-4-5-13-14(9-11)18-8-3-7-17-13/h4-5,9,12,15-16H,2-3,6-8,10H2,1H3. The van der Waals surface area contributed by atoms with Gasteiger partial charge in [-0.25, -0.2) is 0 Å². The van der Waals surface area contributed by atoms with Gasteiger partial charge in [-0.3, -0.25) is 0 Å². The van der Waals surface area contributed by atoms with E-state index in [0.29, 0.717) is 13.2 Å². The minimum absolute atomic E-state index is 0.0397. The molecule has 100 valence electrons. The normalized spacial score (nSPS) is 16.1. The van der Waals surface area contributed by atoms with Crippen molar-refractivity contribution in [1.29, 1.82) is 0 Å². The second kappa shape index (κ2) is 6.61. The summed E-state index contributed by atoms with van der Waals surface area (Å²) in [7, 11) is 0. The van der Waals surface area contributed by atoms with Crippen molar-refractivity contribution < 1.29 is 14.6 Å². The van der Waals surface area contributed by atoms with Gasteiger partial charge >= 0.3 is 0 Å². The number of benzene rings is 1. The van der Waals surface area contributed by atoms with Crippen LogP contribution in [-0.4, -0.2) is 31.5 Å². The van der Waals surface area contributed by atoms with E-state index >= 15 is 0 Å². The Labute approximate surface area is 108 Å². The van der Waals surface area contributed by atoms with Crippen LogP contribution in [0.1, 0.15) is 31.4 Å². The Morgan fingerprint density at radius 1 is 1.28 bits per heavy atom. The molecule has 1 aliphatic rings. The van der Waals surface area contributed by atoms with Crippen LogP contribution in [0.5, 0.6) is 11.5 Å². The topological polar surface area (TPSA) is 50.7 Å². The van der Waals surface area contributed by atoms with E-state index < -0.39 is 0 Å². The first-order valence-electron chi connectivity index (χ1n) is 6.59. The van der Waals surface area contributed by atoms with Gasteiger partial charge in [0.05, 0.1) is 25.9 Å². The summed E-state index contributed by atoms with van der Waals surface area (Å²) < 4.78 is 11.2. The van der Waals surface area contributed by atoms with Crippen LogP contribution in [0.2, 0.25) is 0 Å². The molecular weight excluding hydrogens is 230 g/mol. The molecule has 0 aromatic heterocycles. The van der Waals surface area contributed by atoms with Gasteiger partial charge < -0.3 is 19.9 Å². The molecule has 1 atom stereocenters. The van der Waals surface area contributed by atoms with E-state index in [2.05, 4.69) is 12.2 Å². The van der Waals surface area contributed by atoms with Gasteiger partial charge in [0.1, 0.15) is 0 Å². The molecule has 2 N–H and O–H groups in total. The molecule has 0 bridgehead atoms. The van der Waals surface area contributed by atoms with Gasteiger partial charge in [0.2, 0.25) is 0 Å². The molecule has 1 aliphatic heterocycles. The first kappa shape index (κ1) is 13.2. The third kappa shape index (κ3) is 3.15. The van der Waals surface area contributed by atoms with Crippen LogP contribution in [0.15, 0.2) is 18.2 Å². The van der Waals surface area contributed by atoms with Crippen molar-refractivity contribution in [2.45, 2.75) is 25.8 Å². The fourth-order valence-electron chi connectivity index (χ4n) is 2.00. The van der Waals surface area contributed by atoms with Gasteiger partial charge in [0.25, 0.3) is 0 Å². The van der Waals surface area contributed by atoms with Gasteiger partial charge in [-0.15, -0.1) is 0 Å². The molecule has 0 saturated carbocycles. The van der Waals surface area contributed by atoms with Crippen LogP contribution in [0.3, 0.4) is 0 Å². The summed E-state index contributed by atoms with van der Waals surface area (Å²) in [6.45, 7) is 4.46. The zero-order valence-corrected chi connectivity index (χ0v) is 10.8. The number of fused-ring (bicyclic) bond motifs is 1. The molecule has 2 rings (SSSR count). The minimum atomic E-state index is -0.0397. The zero-order chi connectivity index (χ0) is 12.8. The Balaban J connectivity index is 2.15. The number of hydrogen-bond donors (Lipinski definition) is 2. The second-order valence-corrected chi connectivity index (χ2v) is 4.45. The smallest absolute Gasteiger partial charge is 0.161 e. The highest BCUT2D eigenvalue weighted by Gasteiger charge is 2.15. The third-order valence-corrected chi connectivity index (χ3v) is 3.00. The van der Waals surface area contributed by atoms with E-state index in [1.54, 1.807) is 0 Å². The maximum Gasteiger partial charge on any atom is 0.161 e. The molecule has 4 nitrogen and oxygen atoms in total. The number of nitrogens with one attached hydrogen (secondary N) is 1. The molecule has 18 heavy (non-hydrogen) atoms. The lowest BCUT2D eigenvalue weighted by Gasteiger charge is -2.18. The van der Waals surface area contributed by atoms with E-state index in [4.69, 9.17) is 9.47 Å². The molecule has 0 saturated heterocycles. The number of rotatable bonds is 5. The van der Waals surface area contributed by atoms with Gasteiger partial charge in [-0.2, -0.15) is 0 Å². The van der Waals surface area contributed by atoms with Gasteiger partial charge in [0.15, 0.2) is 11.5 Å². The first-order valence-corrected chi connectivity index (χ1v) is 6.59. The Morgan fingerprint density at radius 2 is 2.06 bits per heavy atom. The Kier molecular flexibility index (Phi) is 4.84. The molecule has 4 heteroatoms. The number of aliphatic hydroxyl groups excluding tert-OH is 1. The highest BCUT2D eigenvalue weighted by atomic mass is 16.5. The summed E-state index contributed by atoms with van der Waals surface area (Å²) >= 11 is 0. The maximum atomic E-state index is 9.43. The number of hydrogen-bond acceptors (Lipinski definition) is 4. The lowest BCUT2D eigenvalue weighted by molar-refractivity contribution is 0.244. The van der Waals surface area contributed by atoms with Crippen LogP contribution in [0, 0.1) is 0 Å². The largest absolute Gasteiger partial charge is 0.490 e. The quantitative estimate of drug-likeness (QED) is 0.839. The molecule has 1 aromatic carbocycles. The highest BCUT2D eigenvalue weighted by molar-refractivity contribution is 5.44. The average Bonchev–Trinajstić information content (AvgIpc) is 2.64. The maximum absolute atomic E-state index is 9.43. The van der Waals surface area contributed by atoms with Crippen molar-refractivity contribution in [2.75, 3.05) is 26.4 Å². The fraction of sp³-hybridized carbons (Fsp3) is 0.571. The minimum Gasteiger partial charge on any atom is -0.490 e. The van der Waals surface area contributed by atoms with E-state index in [9.17, 15) is 5.11 Å².